The van der Waals surface area contributed by atoms with Gasteiger partial charge in [0, 0.05) is 19.7 Å². The van der Waals surface area contributed by atoms with Gasteiger partial charge in [-0.05, 0) is 67.1 Å². The second-order valence-electron chi connectivity index (χ2n) is 7.08. The van der Waals surface area contributed by atoms with Crippen LogP contribution in [0.15, 0.2) is 41.3 Å². The van der Waals surface area contributed by atoms with Crippen LogP contribution in [0.25, 0.3) is 10.2 Å². The lowest BCUT2D eigenvalue weighted by Crippen LogP contribution is -2.22. The van der Waals surface area contributed by atoms with Gasteiger partial charge >= 0.3 is 0 Å². The second kappa shape index (κ2) is 7.27. The molecule has 0 saturated heterocycles. The van der Waals surface area contributed by atoms with Gasteiger partial charge in [0.2, 0.25) is 10.0 Å². The third kappa shape index (κ3) is 3.55. The van der Waals surface area contributed by atoms with Crippen molar-refractivity contribution in [3.8, 4) is 0 Å². The van der Waals surface area contributed by atoms with Crippen molar-refractivity contribution in [2.24, 2.45) is 0 Å². The lowest BCUT2D eigenvalue weighted by molar-refractivity contribution is 0.102. The van der Waals surface area contributed by atoms with Gasteiger partial charge in [0.15, 0.2) is 5.13 Å². The van der Waals surface area contributed by atoms with Crippen molar-refractivity contribution in [3.63, 3.8) is 0 Å². The van der Waals surface area contributed by atoms with E-state index < -0.39 is 10.0 Å². The molecular formula is C20H21N3O3S2. The van der Waals surface area contributed by atoms with Gasteiger partial charge < -0.3 is 0 Å². The number of hydrogen-bond donors (Lipinski definition) is 1. The van der Waals surface area contributed by atoms with Gasteiger partial charge in [-0.1, -0.05) is 17.4 Å². The molecule has 146 valence electrons. The molecular weight excluding hydrogens is 394 g/mol. The first-order valence-electron chi connectivity index (χ1n) is 9.11. The van der Waals surface area contributed by atoms with E-state index in [2.05, 4.69) is 10.3 Å². The Morgan fingerprint density at radius 3 is 2.57 bits per heavy atom. The lowest BCUT2D eigenvalue weighted by Gasteiger charge is -2.16. The summed E-state index contributed by atoms with van der Waals surface area (Å²) in [7, 11) is -0.516. The molecule has 0 fully saturated rings. The summed E-state index contributed by atoms with van der Waals surface area (Å²) in [5, 5.41) is 3.30. The fraction of sp³-hybridized carbons (Fsp3) is 0.300. The summed E-state index contributed by atoms with van der Waals surface area (Å²) in [6, 6.07) is 10.7. The SMILES string of the molecule is CN(C)S(=O)(=O)c1ccc2nc(NC(=O)c3ccc4c(c3)CCCC4)sc2c1. The van der Waals surface area contributed by atoms with Crippen LogP contribution < -0.4 is 5.32 Å². The van der Waals surface area contributed by atoms with E-state index in [1.165, 1.54) is 53.4 Å². The number of benzene rings is 2. The minimum Gasteiger partial charge on any atom is -0.298 e. The van der Waals surface area contributed by atoms with E-state index in [0.29, 0.717) is 20.9 Å². The monoisotopic (exact) mass is 415 g/mol. The molecule has 0 atom stereocenters. The summed E-state index contributed by atoms with van der Waals surface area (Å²) < 4.78 is 26.5. The number of aromatic nitrogens is 1. The van der Waals surface area contributed by atoms with Crippen LogP contribution in [0.5, 0.6) is 0 Å². The van der Waals surface area contributed by atoms with Crippen molar-refractivity contribution in [1.82, 2.24) is 9.29 Å². The van der Waals surface area contributed by atoms with E-state index in [9.17, 15) is 13.2 Å². The molecule has 6 nitrogen and oxygen atoms in total. The van der Waals surface area contributed by atoms with Crippen molar-refractivity contribution in [2.75, 3.05) is 19.4 Å². The summed E-state index contributed by atoms with van der Waals surface area (Å²) in [6.45, 7) is 0. The molecule has 0 spiro atoms. The number of aryl methyl sites for hydroxylation is 2. The van der Waals surface area contributed by atoms with Crippen LogP contribution in [0, 0.1) is 0 Å². The molecule has 0 saturated carbocycles. The van der Waals surface area contributed by atoms with Crippen molar-refractivity contribution in [1.29, 1.82) is 0 Å². The predicted molar refractivity (Wildman–Crippen MR) is 112 cm³/mol. The fourth-order valence-electron chi connectivity index (χ4n) is 3.37. The van der Waals surface area contributed by atoms with Crippen LogP contribution in [0.2, 0.25) is 0 Å². The molecule has 1 N–H and O–H groups in total. The molecule has 1 aliphatic rings. The number of fused-ring (bicyclic) bond motifs is 2. The molecule has 0 aliphatic heterocycles. The van der Waals surface area contributed by atoms with E-state index in [0.717, 1.165) is 19.3 Å². The summed E-state index contributed by atoms with van der Waals surface area (Å²) in [6.07, 6.45) is 4.46. The average molecular weight is 416 g/mol. The highest BCUT2D eigenvalue weighted by Crippen LogP contribution is 2.29. The van der Waals surface area contributed by atoms with Crippen molar-refractivity contribution in [3.05, 3.63) is 53.1 Å². The highest BCUT2D eigenvalue weighted by molar-refractivity contribution is 7.89. The van der Waals surface area contributed by atoms with Gasteiger partial charge in [0.25, 0.3) is 5.91 Å². The minimum absolute atomic E-state index is 0.200. The van der Waals surface area contributed by atoms with Gasteiger partial charge in [0.05, 0.1) is 15.1 Å². The second-order valence-corrected chi connectivity index (χ2v) is 10.3. The van der Waals surface area contributed by atoms with E-state index in [4.69, 9.17) is 0 Å². The maximum Gasteiger partial charge on any atom is 0.257 e. The lowest BCUT2D eigenvalue weighted by atomic mass is 9.90. The molecule has 28 heavy (non-hydrogen) atoms. The fourth-order valence-corrected chi connectivity index (χ4v) is 5.28. The number of amides is 1. The van der Waals surface area contributed by atoms with E-state index in [-0.39, 0.29) is 10.8 Å². The standard InChI is InChI=1S/C20H21N3O3S2/c1-23(2)28(25,26)16-9-10-17-18(12-16)27-20(21-17)22-19(24)15-8-7-13-5-3-4-6-14(13)11-15/h7-12H,3-6H2,1-2H3,(H,21,22,24). The molecule has 8 heteroatoms. The third-order valence-corrected chi connectivity index (χ3v) is 7.71. The van der Waals surface area contributed by atoms with E-state index >= 15 is 0 Å². The zero-order chi connectivity index (χ0) is 19.9. The molecule has 1 aromatic heterocycles. The van der Waals surface area contributed by atoms with Crippen LogP contribution >= 0.6 is 11.3 Å². The predicted octanol–water partition coefficient (Wildman–Crippen LogP) is 3.68. The van der Waals surface area contributed by atoms with Gasteiger partial charge in [-0.25, -0.2) is 17.7 Å². The van der Waals surface area contributed by atoms with Crippen LogP contribution in [0.1, 0.15) is 34.3 Å². The first-order chi connectivity index (χ1) is 13.3. The Kier molecular flexibility index (Phi) is 4.95. The highest BCUT2D eigenvalue weighted by Gasteiger charge is 2.19. The Morgan fingerprint density at radius 1 is 1.07 bits per heavy atom. The van der Waals surface area contributed by atoms with Crippen LogP contribution in [-0.4, -0.2) is 37.7 Å². The topological polar surface area (TPSA) is 79.4 Å². The summed E-state index contributed by atoms with van der Waals surface area (Å²) >= 11 is 1.27. The van der Waals surface area contributed by atoms with E-state index in [1.54, 1.807) is 12.1 Å². The maximum atomic E-state index is 12.6. The third-order valence-electron chi connectivity index (χ3n) is 4.97. The minimum atomic E-state index is -3.51. The average Bonchev–Trinajstić information content (AvgIpc) is 3.08. The van der Waals surface area contributed by atoms with Crippen LogP contribution in [-0.2, 0) is 22.9 Å². The van der Waals surface area contributed by atoms with Crippen molar-refractivity contribution in [2.45, 2.75) is 30.6 Å². The number of anilines is 1. The Bertz CT molecular complexity index is 1170. The normalized spacial score (nSPS) is 14.2. The van der Waals surface area contributed by atoms with E-state index in [1.807, 2.05) is 18.2 Å². The quantitative estimate of drug-likeness (QED) is 0.705. The van der Waals surface area contributed by atoms with Gasteiger partial charge in [-0.3, -0.25) is 10.1 Å². The largest absolute Gasteiger partial charge is 0.298 e. The number of rotatable bonds is 4. The number of carbonyl (C=O) groups is 1. The Hall–Kier alpha value is -2.29. The number of carbonyl (C=O) groups excluding carboxylic acids is 1. The summed E-state index contributed by atoms with van der Waals surface area (Å²) in [4.78, 5) is 17.3. The summed E-state index contributed by atoms with van der Waals surface area (Å²) in [5.41, 5.74) is 3.86. The molecule has 4 rings (SSSR count). The number of sulfonamides is 1. The van der Waals surface area contributed by atoms with Crippen molar-refractivity contribution < 1.29 is 13.2 Å². The molecule has 0 radical (unpaired) electrons. The zero-order valence-corrected chi connectivity index (χ0v) is 17.4. The molecule has 3 aromatic rings. The molecule has 1 amide bonds. The van der Waals surface area contributed by atoms with Crippen LogP contribution in [0.3, 0.4) is 0 Å². The van der Waals surface area contributed by atoms with Gasteiger partial charge in [0.1, 0.15) is 0 Å². The Labute approximate surface area is 168 Å². The van der Waals surface area contributed by atoms with Crippen LogP contribution in [0.4, 0.5) is 5.13 Å². The van der Waals surface area contributed by atoms with Gasteiger partial charge in [-0.2, -0.15) is 0 Å². The molecule has 1 heterocycles. The molecule has 1 aliphatic carbocycles. The highest BCUT2D eigenvalue weighted by atomic mass is 32.2. The number of hydrogen-bond acceptors (Lipinski definition) is 5. The number of nitrogens with one attached hydrogen (secondary N) is 1. The Balaban J connectivity index is 1.59. The smallest absolute Gasteiger partial charge is 0.257 e. The first kappa shape index (κ1) is 19.0. The van der Waals surface area contributed by atoms with Crippen molar-refractivity contribution >= 4 is 42.6 Å². The zero-order valence-electron chi connectivity index (χ0n) is 15.7. The maximum absolute atomic E-state index is 12.6. The molecule has 0 unspecified atom stereocenters. The summed E-state index contributed by atoms with van der Waals surface area (Å²) in [5.74, 6) is -0.200. The number of thiazole rings is 1. The number of nitrogens with zero attached hydrogens (tertiary/aromatic N) is 2. The molecule has 0 bridgehead atoms. The Morgan fingerprint density at radius 2 is 1.82 bits per heavy atom. The molecule has 2 aromatic carbocycles. The van der Waals surface area contributed by atoms with Gasteiger partial charge in [-0.15, -0.1) is 0 Å². The first-order valence-corrected chi connectivity index (χ1v) is 11.4.